The minimum Gasteiger partial charge on any atom is -0.312 e. The molecular weight excluding hydrogens is 298 g/mol. The molecule has 0 fully saturated rings. The van der Waals surface area contributed by atoms with Crippen LogP contribution in [0, 0.1) is 0 Å². The molecule has 3 heterocycles. The summed E-state index contributed by atoms with van der Waals surface area (Å²) < 4.78 is 1.22. The van der Waals surface area contributed by atoms with Crippen molar-refractivity contribution in [2.24, 2.45) is 0 Å². The van der Waals surface area contributed by atoms with Gasteiger partial charge in [0.15, 0.2) is 0 Å². The fourth-order valence-corrected chi connectivity index (χ4v) is 4.21. The number of nitrogens with zero attached hydrogens (tertiary/aromatic N) is 2. The number of hydrogen-bond acceptors (Lipinski definition) is 5. The highest BCUT2D eigenvalue weighted by atomic mass is 32.1. The van der Waals surface area contributed by atoms with Crippen LogP contribution in [0.5, 0.6) is 0 Å². The molecule has 0 bridgehead atoms. The number of hydrogen-bond donors (Lipinski definition) is 1. The summed E-state index contributed by atoms with van der Waals surface area (Å²) >= 11 is 3.51. The van der Waals surface area contributed by atoms with Gasteiger partial charge in [0.25, 0.3) is 0 Å². The quantitative estimate of drug-likeness (QED) is 0.744. The predicted octanol–water partition coefficient (Wildman–Crippen LogP) is 4.65. The first-order valence-corrected chi connectivity index (χ1v) is 8.92. The molecule has 21 heavy (non-hydrogen) atoms. The normalized spacial score (nSPS) is 11.6. The third-order valence-electron chi connectivity index (χ3n) is 3.36. The van der Waals surface area contributed by atoms with Crippen LogP contribution in [0.3, 0.4) is 0 Å². The largest absolute Gasteiger partial charge is 0.312 e. The van der Waals surface area contributed by atoms with Crippen molar-refractivity contribution in [3.8, 4) is 10.6 Å². The van der Waals surface area contributed by atoms with Gasteiger partial charge in [-0.2, -0.15) is 0 Å². The van der Waals surface area contributed by atoms with E-state index in [0.717, 1.165) is 29.2 Å². The van der Waals surface area contributed by atoms with Crippen molar-refractivity contribution in [2.45, 2.75) is 33.2 Å². The fraction of sp³-hybridized carbons (Fsp3) is 0.375. The maximum Gasteiger partial charge on any atom is 0.125 e. The smallest absolute Gasteiger partial charge is 0.125 e. The molecule has 1 N–H and O–H groups in total. The Morgan fingerprint density at radius 3 is 2.95 bits per heavy atom. The van der Waals surface area contributed by atoms with Crippen LogP contribution in [0.1, 0.15) is 37.3 Å². The third-order valence-corrected chi connectivity index (χ3v) is 5.33. The van der Waals surface area contributed by atoms with Crippen molar-refractivity contribution in [1.82, 2.24) is 15.3 Å². The van der Waals surface area contributed by atoms with Crippen LogP contribution in [0.2, 0.25) is 0 Å². The molecular formula is C16H19N3S2. The second kappa shape index (κ2) is 6.22. The Bertz CT molecular complexity index is 743. The maximum absolute atomic E-state index is 4.87. The van der Waals surface area contributed by atoms with Gasteiger partial charge in [0.2, 0.25) is 0 Å². The number of thiophene rings is 1. The molecule has 5 heteroatoms. The van der Waals surface area contributed by atoms with E-state index < -0.39 is 0 Å². The van der Waals surface area contributed by atoms with Crippen LogP contribution in [0.25, 0.3) is 20.8 Å². The minimum atomic E-state index is 0.446. The molecule has 3 rings (SSSR count). The highest BCUT2D eigenvalue weighted by Gasteiger charge is 2.15. The standard InChI is InChI=1S/C16H19N3S2/c1-4-17-9-14-15(10(2)3)19-16(21-14)11-7-13-12(18-8-11)5-6-20-13/h5-8,10,17H,4,9H2,1-3H3. The average Bonchev–Trinajstić information content (AvgIpc) is 3.10. The summed E-state index contributed by atoms with van der Waals surface area (Å²) in [6.45, 7) is 8.42. The molecule has 3 nitrogen and oxygen atoms in total. The molecule has 0 aliphatic rings. The SMILES string of the molecule is CCNCc1sc(-c2cnc3ccsc3c2)nc1C(C)C. The lowest BCUT2D eigenvalue weighted by Gasteiger charge is -2.04. The van der Waals surface area contributed by atoms with E-state index in [1.54, 1.807) is 22.7 Å². The van der Waals surface area contributed by atoms with E-state index in [9.17, 15) is 0 Å². The predicted molar refractivity (Wildman–Crippen MR) is 92.2 cm³/mol. The van der Waals surface area contributed by atoms with E-state index in [4.69, 9.17) is 4.98 Å². The van der Waals surface area contributed by atoms with E-state index in [1.165, 1.54) is 15.3 Å². The molecule has 0 aliphatic heterocycles. The summed E-state index contributed by atoms with van der Waals surface area (Å²) in [7, 11) is 0. The second-order valence-corrected chi connectivity index (χ2v) is 7.32. The molecule has 3 aromatic rings. The molecule has 0 atom stereocenters. The van der Waals surface area contributed by atoms with Crippen LogP contribution >= 0.6 is 22.7 Å². The van der Waals surface area contributed by atoms with Gasteiger partial charge in [-0.3, -0.25) is 4.98 Å². The van der Waals surface area contributed by atoms with Gasteiger partial charge >= 0.3 is 0 Å². The lowest BCUT2D eigenvalue weighted by atomic mass is 10.1. The van der Waals surface area contributed by atoms with E-state index in [2.05, 4.69) is 48.6 Å². The van der Waals surface area contributed by atoms with Gasteiger partial charge in [0, 0.05) is 23.2 Å². The Kier molecular flexibility index (Phi) is 4.33. The van der Waals surface area contributed by atoms with Crippen molar-refractivity contribution in [3.05, 3.63) is 34.3 Å². The van der Waals surface area contributed by atoms with Crippen molar-refractivity contribution >= 4 is 32.9 Å². The molecule has 3 aromatic heterocycles. The number of rotatable bonds is 5. The van der Waals surface area contributed by atoms with E-state index >= 15 is 0 Å². The highest BCUT2D eigenvalue weighted by Crippen LogP contribution is 2.33. The minimum absolute atomic E-state index is 0.446. The zero-order chi connectivity index (χ0) is 14.8. The lowest BCUT2D eigenvalue weighted by Crippen LogP contribution is -2.12. The Balaban J connectivity index is 2.00. The van der Waals surface area contributed by atoms with Crippen LogP contribution in [0.4, 0.5) is 0 Å². The number of nitrogens with one attached hydrogen (secondary N) is 1. The van der Waals surface area contributed by atoms with Gasteiger partial charge in [-0.25, -0.2) is 4.98 Å². The van der Waals surface area contributed by atoms with Gasteiger partial charge in [0.05, 0.1) is 15.9 Å². The van der Waals surface area contributed by atoms with Gasteiger partial charge in [-0.15, -0.1) is 22.7 Å². The number of thiazole rings is 1. The van der Waals surface area contributed by atoms with Crippen LogP contribution in [0.15, 0.2) is 23.7 Å². The topological polar surface area (TPSA) is 37.8 Å². The molecule has 0 spiro atoms. The summed E-state index contributed by atoms with van der Waals surface area (Å²) in [6, 6.07) is 4.26. The van der Waals surface area contributed by atoms with Crippen LogP contribution in [-0.2, 0) is 6.54 Å². The van der Waals surface area contributed by atoms with Gasteiger partial charge in [0.1, 0.15) is 5.01 Å². The average molecular weight is 317 g/mol. The summed E-state index contributed by atoms with van der Waals surface area (Å²) in [6.07, 6.45) is 1.94. The van der Waals surface area contributed by atoms with Gasteiger partial charge < -0.3 is 5.32 Å². The van der Waals surface area contributed by atoms with E-state index in [0.29, 0.717) is 5.92 Å². The zero-order valence-corrected chi connectivity index (χ0v) is 14.1. The second-order valence-electron chi connectivity index (χ2n) is 5.29. The van der Waals surface area contributed by atoms with Crippen molar-refractivity contribution in [3.63, 3.8) is 0 Å². The van der Waals surface area contributed by atoms with Crippen LogP contribution < -0.4 is 5.32 Å². The van der Waals surface area contributed by atoms with E-state index in [-0.39, 0.29) is 0 Å². The van der Waals surface area contributed by atoms with Crippen molar-refractivity contribution in [1.29, 1.82) is 0 Å². The molecule has 0 unspecified atom stereocenters. The number of aromatic nitrogens is 2. The third kappa shape index (κ3) is 3.00. The Hall–Kier alpha value is -1.30. The summed E-state index contributed by atoms with van der Waals surface area (Å²) in [5.74, 6) is 0.446. The van der Waals surface area contributed by atoms with Crippen molar-refractivity contribution in [2.75, 3.05) is 6.54 Å². The Morgan fingerprint density at radius 1 is 1.33 bits per heavy atom. The molecule has 0 radical (unpaired) electrons. The molecule has 0 aromatic carbocycles. The summed E-state index contributed by atoms with van der Waals surface area (Å²) in [5.41, 5.74) is 3.40. The van der Waals surface area contributed by atoms with Crippen molar-refractivity contribution < 1.29 is 0 Å². The monoisotopic (exact) mass is 317 g/mol. The molecule has 0 aliphatic carbocycles. The molecule has 0 saturated carbocycles. The fourth-order valence-electron chi connectivity index (χ4n) is 2.27. The number of fused-ring (bicyclic) bond motifs is 1. The molecule has 110 valence electrons. The van der Waals surface area contributed by atoms with E-state index in [1.807, 2.05) is 6.20 Å². The Labute approximate surface area is 133 Å². The first-order valence-electron chi connectivity index (χ1n) is 7.23. The first kappa shape index (κ1) is 14.6. The van der Waals surface area contributed by atoms with Crippen LogP contribution in [-0.4, -0.2) is 16.5 Å². The molecule has 0 saturated heterocycles. The first-order chi connectivity index (χ1) is 10.2. The maximum atomic E-state index is 4.87. The highest BCUT2D eigenvalue weighted by molar-refractivity contribution is 7.17. The summed E-state index contributed by atoms with van der Waals surface area (Å²) in [4.78, 5) is 10.7. The molecule has 0 amide bonds. The Morgan fingerprint density at radius 2 is 2.19 bits per heavy atom. The zero-order valence-electron chi connectivity index (χ0n) is 12.5. The lowest BCUT2D eigenvalue weighted by molar-refractivity contribution is 0.714. The van der Waals surface area contributed by atoms with Gasteiger partial charge in [-0.05, 0) is 30.0 Å². The summed E-state index contributed by atoms with van der Waals surface area (Å²) in [5, 5.41) is 6.57. The number of pyridine rings is 1. The van der Waals surface area contributed by atoms with Gasteiger partial charge in [-0.1, -0.05) is 20.8 Å².